The molecular weight excluding hydrogens is 268 g/mol. The highest BCUT2D eigenvalue weighted by Gasteiger charge is 2.64. The van der Waals surface area contributed by atoms with E-state index in [-0.39, 0.29) is 22.6 Å². The highest BCUT2D eigenvalue weighted by atomic mass is 16.4. The zero-order valence-electron chi connectivity index (χ0n) is 12.8. The summed E-state index contributed by atoms with van der Waals surface area (Å²) in [5.41, 5.74) is 6.72. The van der Waals surface area contributed by atoms with Crippen molar-refractivity contribution >= 4 is 11.7 Å². The number of oxime groups is 1. The number of nitrogens with zero attached hydrogens (tertiary/aromatic N) is 2. The Morgan fingerprint density at radius 3 is 2.43 bits per heavy atom. The molecule has 0 radical (unpaired) electrons. The normalized spacial score (nSPS) is 20.1. The molecule has 1 aromatic rings. The van der Waals surface area contributed by atoms with Gasteiger partial charge in [0.25, 0.3) is 5.91 Å². The second kappa shape index (κ2) is 5.02. The minimum Gasteiger partial charge on any atom is -0.409 e. The van der Waals surface area contributed by atoms with Gasteiger partial charge in [0.2, 0.25) is 0 Å². The zero-order chi connectivity index (χ0) is 15.8. The summed E-state index contributed by atoms with van der Waals surface area (Å²) in [5, 5.41) is 14.4. The highest BCUT2D eigenvalue weighted by Crippen LogP contribution is 2.67. The SMILES string of the molecule is CC1(C)C(CNC(=O)c2ccc(C(N)=NO)cn2)C1(C)C. The van der Waals surface area contributed by atoms with Gasteiger partial charge >= 0.3 is 0 Å². The van der Waals surface area contributed by atoms with Crippen LogP contribution in [0.1, 0.15) is 43.7 Å². The fourth-order valence-electron chi connectivity index (χ4n) is 2.87. The Balaban J connectivity index is 1.96. The topological polar surface area (TPSA) is 101 Å². The number of nitrogens with two attached hydrogens (primary N) is 1. The number of carbonyl (C=O) groups is 1. The number of pyridine rings is 1. The highest BCUT2D eigenvalue weighted by molar-refractivity contribution is 5.98. The average molecular weight is 290 g/mol. The first-order valence-electron chi connectivity index (χ1n) is 6.94. The van der Waals surface area contributed by atoms with Gasteiger partial charge in [-0.1, -0.05) is 32.9 Å². The molecule has 0 bridgehead atoms. The second-order valence-corrected chi connectivity index (χ2v) is 6.62. The van der Waals surface area contributed by atoms with Crippen molar-refractivity contribution in [2.45, 2.75) is 27.7 Å². The van der Waals surface area contributed by atoms with Crippen LogP contribution in [0.2, 0.25) is 0 Å². The van der Waals surface area contributed by atoms with Crippen molar-refractivity contribution in [3.8, 4) is 0 Å². The van der Waals surface area contributed by atoms with E-state index in [1.165, 1.54) is 6.20 Å². The number of aromatic nitrogens is 1. The maximum Gasteiger partial charge on any atom is 0.269 e. The molecule has 4 N–H and O–H groups in total. The van der Waals surface area contributed by atoms with Gasteiger partial charge in [-0.25, -0.2) is 0 Å². The van der Waals surface area contributed by atoms with Crippen LogP contribution >= 0.6 is 0 Å². The van der Waals surface area contributed by atoms with Crippen molar-refractivity contribution in [2.75, 3.05) is 6.54 Å². The summed E-state index contributed by atoms with van der Waals surface area (Å²) in [4.78, 5) is 16.1. The van der Waals surface area contributed by atoms with Crippen molar-refractivity contribution in [1.29, 1.82) is 0 Å². The number of hydrogen-bond donors (Lipinski definition) is 3. The standard InChI is InChI=1S/C15H22N4O2/c1-14(2)11(15(14,3)4)8-18-13(20)10-6-5-9(7-17-10)12(16)19-21/h5-7,11,21H,8H2,1-4H3,(H2,16,19)(H,18,20). The molecule has 0 saturated heterocycles. The lowest BCUT2D eigenvalue weighted by Gasteiger charge is -2.06. The van der Waals surface area contributed by atoms with Gasteiger partial charge in [-0.2, -0.15) is 0 Å². The summed E-state index contributed by atoms with van der Waals surface area (Å²) in [7, 11) is 0. The quantitative estimate of drug-likeness (QED) is 0.339. The van der Waals surface area contributed by atoms with E-state index in [4.69, 9.17) is 10.9 Å². The molecule has 1 aromatic heterocycles. The minimum atomic E-state index is -0.209. The van der Waals surface area contributed by atoms with E-state index in [0.29, 0.717) is 23.7 Å². The first-order chi connectivity index (χ1) is 9.71. The van der Waals surface area contributed by atoms with Crippen LogP contribution in [0.15, 0.2) is 23.5 Å². The van der Waals surface area contributed by atoms with Crippen LogP contribution in [0.5, 0.6) is 0 Å². The molecule has 0 unspecified atom stereocenters. The third kappa shape index (κ3) is 2.57. The molecule has 1 saturated carbocycles. The maximum absolute atomic E-state index is 12.1. The number of rotatable bonds is 4. The van der Waals surface area contributed by atoms with E-state index in [1.807, 2.05) is 0 Å². The Morgan fingerprint density at radius 2 is 2.00 bits per heavy atom. The fourth-order valence-corrected chi connectivity index (χ4v) is 2.87. The Morgan fingerprint density at radius 1 is 1.38 bits per heavy atom. The molecule has 1 aliphatic carbocycles. The average Bonchev–Trinajstić information content (AvgIpc) is 2.85. The molecular formula is C15H22N4O2. The summed E-state index contributed by atoms with van der Waals surface area (Å²) in [6, 6.07) is 3.16. The first-order valence-corrected chi connectivity index (χ1v) is 6.94. The van der Waals surface area contributed by atoms with Gasteiger partial charge in [0.1, 0.15) is 5.69 Å². The number of carbonyl (C=O) groups excluding carboxylic acids is 1. The van der Waals surface area contributed by atoms with Gasteiger partial charge < -0.3 is 16.3 Å². The van der Waals surface area contributed by atoms with E-state index in [0.717, 1.165) is 0 Å². The van der Waals surface area contributed by atoms with Crippen molar-refractivity contribution in [1.82, 2.24) is 10.3 Å². The van der Waals surface area contributed by atoms with Crippen molar-refractivity contribution in [3.05, 3.63) is 29.6 Å². The number of nitrogens with one attached hydrogen (secondary N) is 1. The molecule has 0 aliphatic heterocycles. The maximum atomic E-state index is 12.1. The fraction of sp³-hybridized carbons (Fsp3) is 0.533. The summed E-state index contributed by atoms with van der Waals surface area (Å²) >= 11 is 0. The van der Waals surface area contributed by atoms with Crippen molar-refractivity contribution < 1.29 is 10.0 Å². The zero-order valence-corrected chi connectivity index (χ0v) is 12.8. The van der Waals surface area contributed by atoms with E-state index < -0.39 is 0 Å². The largest absolute Gasteiger partial charge is 0.409 e. The summed E-state index contributed by atoms with van der Waals surface area (Å²) < 4.78 is 0. The van der Waals surface area contributed by atoms with Crippen molar-refractivity contribution in [3.63, 3.8) is 0 Å². The molecule has 6 heteroatoms. The molecule has 1 aliphatic rings. The Kier molecular flexibility index (Phi) is 3.65. The number of amides is 1. The van der Waals surface area contributed by atoms with E-state index in [1.54, 1.807) is 12.1 Å². The lowest BCUT2D eigenvalue weighted by molar-refractivity contribution is 0.0945. The number of hydrogen-bond acceptors (Lipinski definition) is 4. The molecule has 1 heterocycles. The van der Waals surface area contributed by atoms with Gasteiger partial charge in [-0.05, 0) is 28.9 Å². The van der Waals surface area contributed by atoms with Crippen LogP contribution in [0.3, 0.4) is 0 Å². The van der Waals surface area contributed by atoms with Crippen LogP contribution in [-0.4, -0.2) is 28.5 Å². The predicted molar refractivity (Wildman–Crippen MR) is 80.1 cm³/mol. The van der Waals surface area contributed by atoms with Crippen LogP contribution in [0.4, 0.5) is 0 Å². The predicted octanol–water partition coefficient (Wildman–Crippen LogP) is 1.59. The summed E-state index contributed by atoms with van der Waals surface area (Å²) in [6.07, 6.45) is 1.41. The van der Waals surface area contributed by atoms with Crippen molar-refractivity contribution in [2.24, 2.45) is 27.6 Å². The van der Waals surface area contributed by atoms with Gasteiger partial charge in [-0.15, -0.1) is 0 Å². The van der Waals surface area contributed by atoms with Gasteiger partial charge in [0.15, 0.2) is 5.84 Å². The molecule has 114 valence electrons. The number of amidine groups is 1. The Hall–Kier alpha value is -2.11. The summed E-state index contributed by atoms with van der Waals surface area (Å²) in [6.45, 7) is 9.51. The van der Waals surface area contributed by atoms with Gasteiger partial charge in [0.05, 0.1) is 0 Å². The second-order valence-electron chi connectivity index (χ2n) is 6.62. The van der Waals surface area contributed by atoms with Gasteiger partial charge in [-0.3, -0.25) is 9.78 Å². The van der Waals surface area contributed by atoms with E-state index >= 15 is 0 Å². The third-order valence-electron chi connectivity index (χ3n) is 5.19. The molecule has 2 rings (SSSR count). The molecule has 1 amide bonds. The van der Waals surface area contributed by atoms with Crippen LogP contribution in [0.25, 0.3) is 0 Å². The monoisotopic (exact) mass is 290 g/mol. The molecule has 0 aromatic carbocycles. The first kappa shape index (κ1) is 15.3. The lowest BCUT2D eigenvalue weighted by Crippen LogP contribution is -2.28. The van der Waals surface area contributed by atoms with E-state index in [9.17, 15) is 4.79 Å². The van der Waals surface area contributed by atoms with E-state index in [2.05, 4.69) is 43.2 Å². The van der Waals surface area contributed by atoms with Crippen LogP contribution < -0.4 is 11.1 Å². The van der Waals surface area contributed by atoms with Crippen LogP contribution in [-0.2, 0) is 0 Å². The van der Waals surface area contributed by atoms with Gasteiger partial charge in [0, 0.05) is 18.3 Å². The summed E-state index contributed by atoms with van der Waals surface area (Å²) in [5.74, 6) is 0.223. The Labute approximate surface area is 124 Å². The Bertz CT molecular complexity index is 562. The smallest absolute Gasteiger partial charge is 0.269 e. The molecule has 6 nitrogen and oxygen atoms in total. The molecule has 0 atom stereocenters. The lowest BCUT2D eigenvalue weighted by atomic mass is 10.0. The van der Waals surface area contributed by atoms with Crippen LogP contribution in [0, 0.1) is 16.7 Å². The third-order valence-corrected chi connectivity index (χ3v) is 5.19. The molecule has 1 fully saturated rings. The molecule has 21 heavy (non-hydrogen) atoms. The molecule has 0 spiro atoms. The minimum absolute atomic E-state index is 0.0315.